The molecule has 0 fully saturated rings. The SMILES string of the molecule is CCCC(C)(C)C(C)(C)C(C)Br. The van der Waals surface area contributed by atoms with Crippen LogP contribution >= 0.6 is 15.9 Å². The molecule has 0 rings (SSSR count). The summed E-state index contributed by atoms with van der Waals surface area (Å²) in [6.07, 6.45) is 2.58. The van der Waals surface area contributed by atoms with Gasteiger partial charge in [-0.05, 0) is 17.3 Å². The Bertz CT molecular complexity index is 134. The maximum absolute atomic E-state index is 3.70. The third-order valence-corrected chi connectivity index (χ3v) is 4.76. The van der Waals surface area contributed by atoms with Crippen LogP contribution in [0.25, 0.3) is 0 Å². The van der Waals surface area contributed by atoms with Crippen molar-refractivity contribution < 1.29 is 0 Å². The molecule has 0 aliphatic heterocycles. The standard InChI is InChI=1S/C11H23Br/c1-7-8-10(3,4)11(5,6)9(2)12/h9H,7-8H2,1-6H3. The van der Waals surface area contributed by atoms with Gasteiger partial charge in [-0.3, -0.25) is 0 Å². The summed E-state index contributed by atoms with van der Waals surface area (Å²) in [4.78, 5) is 0.576. The number of halogens is 1. The summed E-state index contributed by atoms with van der Waals surface area (Å²) < 4.78 is 0. The average molecular weight is 235 g/mol. The van der Waals surface area contributed by atoms with Crippen molar-refractivity contribution in [3.8, 4) is 0 Å². The van der Waals surface area contributed by atoms with Crippen LogP contribution in [0, 0.1) is 10.8 Å². The van der Waals surface area contributed by atoms with Gasteiger partial charge in [0, 0.05) is 4.83 Å². The zero-order chi connectivity index (χ0) is 9.99. The Kier molecular flexibility index (Phi) is 4.29. The van der Waals surface area contributed by atoms with Crippen molar-refractivity contribution in [2.45, 2.75) is 59.2 Å². The van der Waals surface area contributed by atoms with E-state index in [4.69, 9.17) is 0 Å². The molecule has 0 saturated heterocycles. The Morgan fingerprint density at radius 1 is 1.17 bits per heavy atom. The summed E-state index contributed by atoms with van der Waals surface area (Å²) >= 11 is 3.70. The van der Waals surface area contributed by atoms with E-state index in [2.05, 4.69) is 57.5 Å². The Morgan fingerprint density at radius 3 is 1.83 bits per heavy atom. The monoisotopic (exact) mass is 234 g/mol. The molecule has 0 N–H and O–H groups in total. The van der Waals surface area contributed by atoms with E-state index < -0.39 is 0 Å². The molecule has 0 aromatic carbocycles. The molecule has 0 bridgehead atoms. The minimum atomic E-state index is 0.364. The molecule has 0 spiro atoms. The topological polar surface area (TPSA) is 0 Å². The Labute approximate surface area is 86.3 Å². The van der Waals surface area contributed by atoms with Crippen molar-refractivity contribution >= 4 is 15.9 Å². The Balaban J connectivity index is 4.50. The van der Waals surface area contributed by atoms with E-state index in [0.717, 1.165) is 0 Å². The second-order valence-electron chi connectivity index (χ2n) is 4.97. The largest absolute Gasteiger partial charge is 0.0888 e. The van der Waals surface area contributed by atoms with Gasteiger partial charge in [0.05, 0.1) is 0 Å². The van der Waals surface area contributed by atoms with Crippen LogP contribution in [0.15, 0.2) is 0 Å². The first-order chi connectivity index (χ1) is 5.25. The van der Waals surface area contributed by atoms with Crippen LogP contribution in [-0.2, 0) is 0 Å². The highest BCUT2D eigenvalue weighted by molar-refractivity contribution is 9.09. The quantitative estimate of drug-likeness (QED) is 0.623. The molecule has 0 aliphatic rings. The minimum Gasteiger partial charge on any atom is -0.0888 e. The zero-order valence-electron chi connectivity index (χ0n) is 9.37. The van der Waals surface area contributed by atoms with Gasteiger partial charge in [-0.15, -0.1) is 0 Å². The van der Waals surface area contributed by atoms with Crippen LogP contribution in [-0.4, -0.2) is 4.83 Å². The summed E-state index contributed by atoms with van der Waals surface area (Å²) in [6.45, 7) is 13.9. The van der Waals surface area contributed by atoms with Gasteiger partial charge < -0.3 is 0 Å². The lowest BCUT2D eigenvalue weighted by atomic mass is 9.64. The van der Waals surface area contributed by atoms with Gasteiger partial charge in [-0.25, -0.2) is 0 Å². The molecule has 1 unspecified atom stereocenters. The summed E-state index contributed by atoms with van der Waals surface area (Å²) in [6, 6.07) is 0. The van der Waals surface area contributed by atoms with Crippen molar-refractivity contribution in [3.05, 3.63) is 0 Å². The molecule has 0 amide bonds. The van der Waals surface area contributed by atoms with E-state index >= 15 is 0 Å². The molecular weight excluding hydrogens is 212 g/mol. The molecule has 74 valence electrons. The fourth-order valence-corrected chi connectivity index (χ4v) is 2.11. The normalized spacial score (nSPS) is 16.2. The van der Waals surface area contributed by atoms with Gasteiger partial charge in [0.15, 0.2) is 0 Å². The maximum Gasteiger partial charge on any atom is 0.0173 e. The fraction of sp³-hybridized carbons (Fsp3) is 1.00. The Morgan fingerprint density at radius 2 is 1.58 bits per heavy atom. The van der Waals surface area contributed by atoms with Gasteiger partial charge in [0.1, 0.15) is 0 Å². The van der Waals surface area contributed by atoms with E-state index in [9.17, 15) is 0 Å². The molecule has 0 saturated carbocycles. The van der Waals surface area contributed by atoms with Crippen LogP contribution < -0.4 is 0 Å². The first-order valence-electron chi connectivity index (χ1n) is 4.89. The third-order valence-electron chi connectivity index (χ3n) is 3.61. The minimum absolute atomic E-state index is 0.364. The van der Waals surface area contributed by atoms with Crippen LogP contribution in [0.4, 0.5) is 0 Å². The highest BCUT2D eigenvalue weighted by Gasteiger charge is 2.39. The zero-order valence-corrected chi connectivity index (χ0v) is 11.0. The molecule has 0 aromatic rings. The van der Waals surface area contributed by atoms with Crippen molar-refractivity contribution in [3.63, 3.8) is 0 Å². The van der Waals surface area contributed by atoms with Crippen molar-refractivity contribution in [1.29, 1.82) is 0 Å². The molecule has 0 nitrogen and oxygen atoms in total. The van der Waals surface area contributed by atoms with Crippen LogP contribution in [0.1, 0.15) is 54.4 Å². The summed E-state index contributed by atoms with van der Waals surface area (Å²) in [5.41, 5.74) is 0.785. The highest BCUT2D eigenvalue weighted by atomic mass is 79.9. The van der Waals surface area contributed by atoms with E-state index in [-0.39, 0.29) is 0 Å². The number of hydrogen-bond acceptors (Lipinski definition) is 0. The first kappa shape index (κ1) is 12.5. The van der Waals surface area contributed by atoms with Gasteiger partial charge in [-0.2, -0.15) is 0 Å². The number of rotatable bonds is 4. The molecule has 12 heavy (non-hydrogen) atoms. The smallest absolute Gasteiger partial charge is 0.0173 e. The lowest BCUT2D eigenvalue weighted by molar-refractivity contribution is 0.101. The summed E-state index contributed by atoms with van der Waals surface area (Å²) in [5.74, 6) is 0. The van der Waals surface area contributed by atoms with E-state index in [1.165, 1.54) is 12.8 Å². The summed E-state index contributed by atoms with van der Waals surface area (Å²) in [5, 5.41) is 0. The van der Waals surface area contributed by atoms with Crippen molar-refractivity contribution in [2.24, 2.45) is 10.8 Å². The molecule has 0 aliphatic carbocycles. The number of hydrogen-bond donors (Lipinski definition) is 0. The lowest BCUT2D eigenvalue weighted by Crippen LogP contribution is -2.38. The lowest BCUT2D eigenvalue weighted by Gasteiger charge is -2.44. The van der Waals surface area contributed by atoms with Gasteiger partial charge in [-0.1, -0.05) is 63.9 Å². The van der Waals surface area contributed by atoms with Gasteiger partial charge in [0.25, 0.3) is 0 Å². The molecule has 1 heteroatoms. The molecule has 0 radical (unpaired) electrons. The fourth-order valence-electron chi connectivity index (χ4n) is 1.49. The third kappa shape index (κ3) is 2.48. The average Bonchev–Trinajstić information content (AvgIpc) is 1.86. The first-order valence-corrected chi connectivity index (χ1v) is 5.81. The molecule has 0 heterocycles. The van der Waals surface area contributed by atoms with Crippen LogP contribution in [0.2, 0.25) is 0 Å². The van der Waals surface area contributed by atoms with Crippen LogP contribution in [0.5, 0.6) is 0 Å². The predicted molar refractivity (Wildman–Crippen MR) is 60.9 cm³/mol. The predicted octanol–water partition coefficient (Wildman–Crippen LogP) is 4.62. The van der Waals surface area contributed by atoms with E-state index in [1.54, 1.807) is 0 Å². The highest BCUT2D eigenvalue weighted by Crippen LogP contribution is 2.46. The maximum atomic E-state index is 3.70. The second-order valence-corrected chi connectivity index (χ2v) is 6.35. The second kappa shape index (κ2) is 4.13. The van der Waals surface area contributed by atoms with Gasteiger partial charge in [0.2, 0.25) is 0 Å². The Hall–Kier alpha value is 0.480. The van der Waals surface area contributed by atoms with E-state index in [0.29, 0.717) is 15.7 Å². The summed E-state index contributed by atoms with van der Waals surface area (Å²) in [7, 11) is 0. The molecular formula is C11H23Br. The van der Waals surface area contributed by atoms with Crippen molar-refractivity contribution in [2.75, 3.05) is 0 Å². The molecule has 1 atom stereocenters. The molecule has 0 aromatic heterocycles. The number of alkyl halides is 1. The van der Waals surface area contributed by atoms with Crippen LogP contribution in [0.3, 0.4) is 0 Å². The van der Waals surface area contributed by atoms with E-state index in [1.807, 2.05) is 0 Å². The van der Waals surface area contributed by atoms with Gasteiger partial charge >= 0.3 is 0 Å². The van der Waals surface area contributed by atoms with Crippen molar-refractivity contribution in [1.82, 2.24) is 0 Å².